The summed E-state index contributed by atoms with van der Waals surface area (Å²) in [6, 6.07) is 7.01. The minimum atomic E-state index is -4.93. The standard InChI is InChI=1S/C21H12F6N6O/c22-20(23,24)10-1-4-15(31-9-10)32-13-6-8-30-19-11(13)2-3-14(33-19)17-16(21(25,26)27)12(18(28)34)5-7-29-17/h1-9H,(H2,28,34)(H,30,31,32,33). The molecule has 0 aliphatic rings. The van der Waals surface area contributed by atoms with Gasteiger partial charge in [-0.3, -0.25) is 9.78 Å². The van der Waals surface area contributed by atoms with Crippen LogP contribution in [0.2, 0.25) is 0 Å². The van der Waals surface area contributed by atoms with Crippen LogP contribution >= 0.6 is 0 Å². The summed E-state index contributed by atoms with van der Waals surface area (Å²) < 4.78 is 79.3. The number of nitrogens with zero attached hydrogens (tertiary/aromatic N) is 4. The van der Waals surface area contributed by atoms with Crippen LogP contribution in [-0.2, 0) is 12.4 Å². The second kappa shape index (κ2) is 8.24. The van der Waals surface area contributed by atoms with Crippen LogP contribution < -0.4 is 11.1 Å². The van der Waals surface area contributed by atoms with Gasteiger partial charge in [0.2, 0.25) is 5.91 Å². The van der Waals surface area contributed by atoms with Crippen LogP contribution in [0.3, 0.4) is 0 Å². The quantitative estimate of drug-likeness (QED) is 0.402. The van der Waals surface area contributed by atoms with Crippen molar-refractivity contribution < 1.29 is 31.1 Å². The molecule has 1 amide bonds. The van der Waals surface area contributed by atoms with Crippen LogP contribution in [0.1, 0.15) is 21.5 Å². The zero-order chi connectivity index (χ0) is 24.7. The van der Waals surface area contributed by atoms with Gasteiger partial charge in [-0.05, 0) is 36.4 Å². The van der Waals surface area contributed by atoms with Gasteiger partial charge in [0.25, 0.3) is 0 Å². The third-order valence-electron chi connectivity index (χ3n) is 4.70. The van der Waals surface area contributed by atoms with Crippen LogP contribution in [0.25, 0.3) is 22.4 Å². The highest BCUT2D eigenvalue weighted by Crippen LogP contribution is 2.38. The largest absolute Gasteiger partial charge is 0.419 e. The van der Waals surface area contributed by atoms with Crippen molar-refractivity contribution in [2.45, 2.75) is 12.4 Å². The van der Waals surface area contributed by atoms with E-state index in [0.717, 1.165) is 24.4 Å². The maximum absolute atomic E-state index is 13.7. The summed E-state index contributed by atoms with van der Waals surface area (Å²) >= 11 is 0. The number of carbonyl (C=O) groups excluding carboxylic acids is 1. The SMILES string of the molecule is NC(=O)c1ccnc(-c2ccc3c(Nc4ccc(C(F)(F)F)cn4)ccnc3n2)c1C(F)(F)F. The molecule has 0 atom stereocenters. The Morgan fingerprint density at radius 2 is 1.59 bits per heavy atom. The average molecular weight is 478 g/mol. The van der Waals surface area contributed by atoms with Crippen LogP contribution in [-0.4, -0.2) is 25.8 Å². The molecule has 0 fully saturated rings. The van der Waals surface area contributed by atoms with Gasteiger partial charge in [0.1, 0.15) is 11.5 Å². The molecule has 0 unspecified atom stereocenters. The van der Waals surface area contributed by atoms with E-state index < -0.39 is 40.6 Å². The fourth-order valence-electron chi connectivity index (χ4n) is 3.19. The summed E-state index contributed by atoms with van der Waals surface area (Å²) in [6.07, 6.45) is -6.49. The number of aromatic nitrogens is 4. The molecule has 34 heavy (non-hydrogen) atoms. The lowest BCUT2D eigenvalue weighted by Gasteiger charge is -2.15. The Morgan fingerprint density at radius 3 is 2.21 bits per heavy atom. The molecule has 174 valence electrons. The minimum absolute atomic E-state index is 0.0221. The zero-order valence-corrected chi connectivity index (χ0v) is 16.7. The molecule has 0 saturated heterocycles. The number of pyridine rings is 4. The lowest BCUT2D eigenvalue weighted by atomic mass is 10.0. The number of hydrogen-bond donors (Lipinski definition) is 2. The third kappa shape index (κ3) is 4.44. The predicted octanol–water partition coefficient (Wildman–Crippen LogP) is 4.97. The van der Waals surface area contributed by atoms with Crippen molar-refractivity contribution in [1.29, 1.82) is 0 Å². The van der Waals surface area contributed by atoms with Gasteiger partial charge < -0.3 is 11.1 Å². The Kier molecular flexibility index (Phi) is 5.55. The Balaban J connectivity index is 1.75. The van der Waals surface area contributed by atoms with Gasteiger partial charge in [0.15, 0.2) is 5.65 Å². The van der Waals surface area contributed by atoms with Gasteiger partial charge in [-0.15, -0.1) is 0 Å². The number of hydrogen-bond acceptors (Lipinski definition) is 6. The smallest absolute Gasteiger partial charge is 0.366 e. The number of alkyl halides is 6. The van der Waals surface area contributed by atoms with Crippen LogP contribution in [0.5, 0.6) is 0 Å². The molecule has 0 bridgehead atoms. The lowest BCUT2D eigenvalue weighted by molar-refractivity contribution is -0.138. The van der Waals surface area contributed by atoms with Gasteiger partial charge >= 0.3 is 12.4 Å². The van der Waals surface area contributed by atoms with Crippen molar-refractivity contribution in [3.05, 3.63) is 71.7 Å². The van der Waals surface area contributed by atoms with Gasteiger partial charge in [0, 0.05) is 24.0 Å². The van der Waals surface area contributed by atoms with Crippen molar-refractivity contribution in [1.82, 2.24) is 19.9 Å². The number of fused-ring (bicyclic) bond motifs is 1. The Bertz CT molecular complexity index is 1390. The first-order valence-corrected chi connectivity index (χ1v) is 9.37. The van der Waals surface area contributed by atoms with E-state index in [1.165, 1.54) is 24.4 Å². The fraction of sp³-hybridized carbons (Fsp3) is 0.0952. The van der Waals surface area contributed by atoms with E-state index in [9.17, 15) is 31.1 Å². The fourth-order valence-corrected chi connectivity index (χ4v) is 3.19. The topological polar surface area (TPSA) is 107 Å². The lowest BCUT2D eigenvalue weighted by Crippen LogP contribution is -2.20. The highest BCUT2D eigenvalue weighted by Gasteiger charge is 2.39. The summed E-state index contributed by atoms with van der Waals surface area (Å²) in [4.78, 5) is 27.2. The van der Waals surface area contributed by atoms with Crippen molar-refractivity contribution >= 4 is 28.4 Å². The van der Waals surface area contributed by atoms with Crippen molar-refractivity contribution in [2.24, 2.45) is 5.73 Å². The third-order valence-corrected chi connectivity index (χ3v) is 4.70. The molecule has 3 N–H and O–H groups in total. The number of anilines is 2. The maximum Gasteiger partial charge on any atom is 0.419 e. The highest BCUT2D eigenvalue weighted by atomic mass is 19.4. The summed E-state index contributed by atoms with van der Waals surface area (Å²) in [6.45, 7) is 0. The second-order valence-electron chi connectivity index (χ2n) is 6.93. The summed E-state index contributed by atoms with van der Waals surface area (Å²) in [5.74, 6) is -1.18. The number of primary amides is 1. The van der Waals surface area contributed by atoms with Crippen LogP contribution in [0.15, 0.2) is 55.0 Å². The number of halogens is 6. The van der Waals surface area contributed by atoms with E-state index in [1.54, 1.807) is 0 Å². The summed E-state index contributed by atoms with van der Waals surface area (Å²) in [7, 11) is 0. The first kappa shape index (κ1) is 22.9. The number of nitrogens with two attached hydrogens (primary N) is 1. The monoisotopic (exact) mass is 478 g/mol. The second-order valence-corrected chi connectivity index (χ2v) is 6.93. The van der Waals surface area contributed by atoms with E-state index >= 15 is 0 Å². The number of amides is 1. The molecule has 0 spiro atoms. The zero-order valence-electron chi connectivity index (χ0n) is 16.7. The molecular weight excluding hydrogens is 466 g/mol. The van der Waals surface area contributed by atoms with E-state index in [-0.39, 0.29) is 17.2 Å². The molecule has 4 heterocycles. The number of rotatable bonds is 4. The molecule has 13 heteroatoms. The molecule has 0 radical (unpaired) electrons. The van der Waals surface area contributed by atoms with Gasteiger partial charge in [-0.2, -0.15) is 26.3 Å². The molecule has 7 nitrogen and oxygen atoms in total. The summed E-state index contributed by atoms with van der Waals surface area (Å²) in [5.41, 5.74) is 1.67. The average Bonchev–Trinajstić information content (AvgIpc) is 2.77. The highest BCUT2D eigenvalue weighted by molar-refractivity contribution is 5.96. The van der Waals surface area contributed by atoms with E-state index in [4.69, 9.17) is 5.73 Å². The number of carbonyl (C=O) groups is 1. The van der Waals surface area contributed by atoms with Gasteiger partial charge in [-0.1, -0.05) is 0 Å². The van der Waals surface area contributed by atoms with Crippen LogP contribution in [0.4, 0.5) is 37.8 Å². The molecule has 0 aliphatic heterocycles. The van der Waals surface area contributed by atoms with E-state index in [0.29, 0.717) is 17.3 Å². The molecule has 0 aliphatic carbocycles. The van der Waals surface area contributed by atoms with E-state index in [1.807, 2.05) is 0 Å². The van der Waals surface area contributed by atoms with Crippen LogP contribution in [0, 0.1) is 0 Å². The van der Waals surface area contributed by atoms with Gasteiger partial charge in [0.05, 0.1) is 28.1 Å². The maximum atomic E-state index is 13.7. The normalized spacial score (nSPS) is 12.1. The first-order valence-electron chi connectivity index (χ1n) is 9.37. The number of nitrogens with one attached hydrogen (secondary N) is 1. The first-order chi connectivity index (χ1) is 15.9. The molecular formula is C21H12F6N6O. The Labute approximate surface area is 186 Å². The Hall–Kier alpha value is -4.29. The molecule has 0 aromatic carbocycles. The minimum Gasteiger partial charge on any atom is -0.366 e. The Morgan fingerprint density at radius 1 is 0.853 bits per heavy atom. The van der Waals surface area contributed by atoms with Crippen molar-refractivity contribution in [3.8, 4) is 11.4 Å². The molecule has 4 aromatic heterocycles. The molecule has 4 rings (SSSR count). The predicted molar refractivity (Wildman–Crippen MR) is 109 cm³/mol. The van der Waals surface area contributed by atoms with E-state index in [2.05, 4.69) is 25.3 Å². The molecule has 4 aromatic rings. The van der Waals surface area contributed by atoms with Gasteiger partial charge in [-0.25, -0.2) is 15.0 Å². The molecule has 0 saturated carbocycles. The van der Waals surface area contributed by atoms with Crippen molar-refractivity contribution in [3.63, 3.8) is 0 Å². The van der Waals surface area contributed by atoms with Crippen molar-refractivity contribution in [2.75, 3.05) is 5.32 Å². The summed E-state index contributed by atoms with van der Waals surface area (Å²) in [5, 5.41) is 3.18.